The average molecular weight is 451 g/mol. The van der Waals surface area contributed by atoms with Gasteiger partial charge in [0.05, 0.1) is 26.1 Å². The SMILES string of the molecule is COCCO[C@@H]1[C@H](OC(=S)c2ccc[pH]2)[C@@H](CO)O[C@H]1n1cnc2c(N)ncnc21. The molecule has 1 unspecified atom stereocenters. The Labute approximate surface area is 179 Å². The maximum absolute atomic E-state index is 9.95. The van der Waals surface area contributed by atoms with E-state index in [0.29, 0.717) is 37.6 Å². The number of anilines is 1. The lowest BCUT2D eigenvalue weighted by atomic mass is 10.1. The molecule has 3 N–H and O–H groups in total. The van der Waals surface area contributed by atoms with E-state index < -0.39 is 24.5 Å². The number of nitrogens with two attached hydrogens (primary N) is 1. The molecule has 3 aromatic heterocycles. The standard InChI is InChI=1S/C18H22N5O5PS/c1-25-4-5-26-14-13(28-18(30)11-3-2-6-29-11)10(7-24)27-17(14)23-9-22-12-15(19)20-8-21-16(12)23/h2-3,6,8-10,13-14,17,24,29H,4-5,7H2,1H3,(H2,19,20,21)/t10-,13-,14-,17-/m1/s1. The minimum atomic E-state index is -0.663. The number of imidazole rings is 1. The van der Waals surface area contributed by atoms with Crippen LogP contribution in [0.15, 0.2) is 30.6 Å². The molecule has 10 nitrogen and oxygen atoms in total. The van der Waals surface area contributed by atoms with Crippen LogP contribution < -0.4 is 5.73 Å². The number of aliphatic hydroxyl groups is 1. The zero-order valence-corrected chi connectivity index (χ0v) is 18.0. The van der Waals surface area contributed by atoms with Gasteiger partial charge in [-0.3, -0.25) is 4.57 Å². The van der Waals surface area contributed by atoms with Crippen LogP contribution in [-0.2, 0) is 18.9 Å². The van der Waals surface area contributed by atoms with Gasteiger partial charge in [0.2, 0.25) is 0 Å². The van der Waals surface area contributed by atoms with E-state index in [2.05, 4.69) is 15.0 Å². The minimum Gasteiger partial charge on any atom is -0.473 e. The molecular weight excluding hydrogens is 429 g/mol. The smallest absolute Gasteiger partial charge is 0.195 e. The molecule has 0 bridgehead atoms. The molecule has 0 spiro atoms. The molecule has 12 heteroatoms. The van der Waals surface area contributed by atoms with Gasteiger partial charge in [-0.05, 0) is 24.1 Å². The summed E-state index contributed by atoms with van der Waals surface area (Å²) in [5.41, 5.74) is 6.86. The van der Waals surface area contributed by atoms with Crippen LogP contribution in [0.2, 0.25) is 0 Å². The first kappa shape index (κ1) is 21.1. The van der Waals surface area contributed by atoms with Crippen molar-refractivity contribution in [3.63, 3.8) is 0 Å². The van der Waals surface area contributed by atoms with Crippen LogP contribution in [0.3, 0.4) is 0 Å². The van der Waals surface area contributed by atoms with Crippen LogP contribution in [0, 0.1) is 0 Å². The highest BCUT2D eigenvalue weighted by Gasteiger charge is 2.49. The number of fused-ring (bicyclic) bond motifs is 1. The van der Waals surface area contributed by atoms with Gasteiger partial charge in [0, 0.05) is 12.4 Å². The van der Waals surface area contributed by atoms with E-state index in [9.17, 15) is 5.11 Å². The Balaban J connectivity index is 1.66. The molecule has 3 aromatic rings. The van der Waals surface area contributed by atoms with Gasteiger partial charge in [-0.25, -0.2) is 15.0 Å². The summed E-state index contributed by atoms with van der Waals surface area (Å²) in [6, 6.07) is 3.86. The highest BCUT2D eigenvalue weighted by Crippen LogP contribution is 2.36. The monoisotopic (exact) mass is 451 g/mol. The first-order chi connectivity index (χ1) is 14.6. The van der Waals surface area contributed by atoms with Crippen LogP contribution >= 0.6 is 20.4 Å². The van der Waals surface area contributed by atoms with Crippen molar-refractivity contribution >= 4 is 42.4 Å². The predicted molar refractivity (Wildman–Crippen MR) is 115 cm³/mol. The molecule has 0 radical (unpaired) electrons. The van der Waals surface area contributed by atoms with Crippen LogP contribution in [-0.4, -0.2) is 74.9 Å². The summed E-state index contributed by atoms with van der Waals surface area (Å²) in [6.07, 6.45) is 0.375. The summed E-state index contributed by atoms with van der Waals surface area (Å²) in [5, 5.41) is 11.2. The molecule has 0 aliphatic carbocycles. The van der Waals surface area contributed by atoms with Crippen LogP contribution in [0.5, 0.6) is 0 Å². The van der Waals surface area contributed by atoms with Gasteiger partial charge < -0.3 is 29.8 Å². The number of thiocarbonyl (C=S) groups is 1. The Morgan fingerprint density at radius 2 is 2.20 bits per heavy atom. The van der Waals surface area contributed by atoms with Gasteiger partial charge in [-0.15, -0.1) is 8.19 Å². The fourth-order valence-electron chi connectivity index (χ4n) is 3.37. The molecule has 1 aliphatic heterocycles. The Hall–Kier alpha value is -2.14. The number of aliphatic hydroxyl groups excluding tert-OH is 1. The Kier molecular flexibility index (Phi) is 6.57. The fraction of sp³-hybridized carbons (Fsp3) is 0.444. The van der Waals surface area contributed by atoms with Gasteiger partial charge in [-0.1, -0.05) is 6.07 Å². The number of ether oxygens (including phenoxy) is 4. The number of aromatic nitrogens is 4. The molecule has 4 heterocycles. The first-order valence-electron chi connectivity index (χ1n) is 9.28. The Morgan fingerprint density at radius 3 is 2.93 bits per heavy atom. The third-order valence-electron chi connectivity index (χ3n) is 4.79. The molecule has 5 atom stereocenters. The van der Waals surface area contributed by atoms with Crippen LogP contribution in [0.1, 0.15) is 11.5 Å². The largest absolute Gasteiger partial charge is 0.473 e. The van der Waals surface area contributed by atoms with E-state index in [0.717, 1.165) is 5.30 Å². The number of rotatable bonds is 8. The van der Waals surface area contributed by atoms with Gasteiger partial charge in [-0.2, -0.15) is 0 Å². The molecule has 0 amide bonds. The summed E-state index contributed by atoms with van der Waals surface area (Å²) in [5.74, 6) is 2.29. The third-order valence-corrected chi connectivity index (χ3v) is 6.35. The number of nitrogen functional groups attached to an aromatic ring is 1. The van der Waals surface area contributed by atoms with Crippen LogP contribution in [0.4, 0.5) is 5.82 Å². The lowest BCUT2D eigenvalue weighted by Gasteiger charge is -2.25. The van der Waals surface area contributed by atoms with E-state index in [-0.39, 0.29) is 12.4 Å². The second-order valence-corrected chi connectivity index (χ2v) is 8.14. The van der Waals surface area contributed by atoms with Crippen molar-refractivity contribution in [3.8, 4) is 0 Å². The van der Waals surface area contributed by atoms with Crippen molar-refractivity contribution in [1.29, 1.82) is 0 Å². The van der Waals surface area contributed by atoms with Crippen molar-refractivity contribution in [3.05, 3.63) is 35.9 Å². The van der Waals surface area contributed by atoms with E-state index in [1.165, 1.54) is 6.33 Å². The molecule has 1 saturated heterocycles. The third kappa shape index (κ3) is 4.04. The van der Waals surface area contributed by atoms with Crippen molar-refractivity contribution in [1.82, 2.24) is 19.5 Å². The van der Waals surface area contributed by atoms with E-state index in [4.69, 9.17) is 36.9 Å². The molecule has 4 rings (SSSR count). The van der Waals surface area contributed by atoms with Crippen molar-refractivity contribution in [2.75, 3.05) is 32.7 Å². The zero-order chi connectivity index (χ0) is 21.1. The number of nitrogens with zero attached hydrogens (tertiary/aromatic N) is 4. The van der Waals surface area contributed by atoms with Gasteiger partial charge >= 0.3 is 0 Å². The molecular formula is C18H22N5O5PS. The van der Waals surface area contributed by atoms with E-state index >= 15 is 0 Å². The molecule has 1 fully saturated rings. The minimum absolute atomic E-state index is 0.267. The van der Waals surface area contributed by atoms with Gasteiger partial charge in [0.1, 0.15) is 24.1 Å². The number of hydrogen-bond acceptors (Lipinski definition) is 10. The highest BCUT2D eigenvalue weighted by molar-refractivity contribution is 7.81. The van der Waals surface area contributed by atoms with Crippen molar-refractivity contribution in [2.24, 2.45) is 0 Å². The lowest BCUT2D eigenvalue weighted by molar-refractivity contribution is -0.0778. The summed E-state index contributed by atoms with van der Waals surface area (Å²) < 4.78 is 25.1. The highest BCUT2D eigenvalue weighted by atomic mass is 32.1. The topological polar surface area (TPSA) is 127 Å². The predicted octanol–water partition coefficient (Wildman–Crippen LogP) is 1.12. The summed E-state index contributed by atoms with van der Waals surface area (Å²) in [4.78, 5) is 12.5. The lowest BCUT2D eigenvalue weighted by Crippen LogP contribution is -2.39. The first-order valence-corrected chi connectivity index (χ1v) is 10.8. The molecule has 0 saturated carbocycles. The fourth-order valence-corrected chi connectivity index (χ4v) is 4.46. The van der Waals surface area contributed by atoms with Gasteiger partial charge in [0.15, 0.2) is 28.8 Å². The summed E-state index contributed by atoms with van der Waals surface area (Å²) >= 11 is 5.48. The Morgan fingerprint density at radius 1 is 1.33 bits per heavy atom. The van der Waals surface area contributed by atoms with Gasteiger partial charge in [0.25, 0.3) is 0 Å². The molecule has 30 heavy (non-hydrogen) atoms. The summed E-state index contributed by atoms with van der Waals surface area (Å²) in [7, 11) is 2.04. The van der Waals surface area contributed by atoms with Crippen molar-refractivity contribution < 1.29 is 24.1 Å². The molecule has 1 aliphatic rings. The Bertz CT molecular complexity index is 1000. The molecule has 160 valence electrons. The number of methoxy groups -OCH3 is 1. The molecule has 0 aromatic carbocycles. The van der Waals surface area contributed by atoms with E-state index in [1.54, 1.807) is 18.0 Å². The van der Waals surface area contributed by atoms with E-state index in [1.807, 2.05) is 17.9 Å². The average Bonchev–Trinajstić information content (AvgIpc) is 3.48. The second-order valence-electron chi connectivity index (χ2n) is 6.61. The van der Waals surface area contributed by atoms with Crippen LogP contribution in [0.25, 0.3) is 11.2 Å². The maximum Gasteiger partial charge on any atom is 0.195 e. The summed E-state index contributed by atoms with van der Waals surface area (Å²) in [6.45, 7) is 0.430. The number of hydrogen-bond donors (Lipinski definition) is 2. The quantitative estimate of drug-likeness (QED) is 0.380. The maximum atomic E-state index is 9.95. The van der Waals surface area contributed by atoms with Crippen molar-refractivity contribution in [2.45, 2.75) is 24.5 Å². The second kappa shape index (κ2) is 9.34. The normalized spacial score (nSPS) is 24.1. The zero-order valence-electron chi connectivity index (χ0n) is 16.2.